The zero-order valence-electron chi connectivity index (χ0n) is 18.2. The van der Waals surface area contributed by atoms with Crippen LogP contribution < -0.4 is 0 Å². The SMILES string of the molecule is O=C(N1CCCC(n2cc(-c3nc(-c4ccccc4)no3)nn2)C1)C1(c2ccccc2)CC1. The molecule has 1 unspecified atom stereocenters. The van der Waals surface area contributed by atoms with Crippen LogP contribution in [-0.4, -0.2) is 49.0 Å². The molecular weight excluding hydrogens is 416 g/mol. The summed E-state index contributed by atoms with van der Waals surface area (Å²) in [5.74, 6) is 1.10. The van der Waals surface area contributed by atoms with Gasteiger partial charge in [-0.05, 0) is 31.2 Å². The van der Waals surface area contributed by atoms with Crippen molar-refractivity contribution >= 4 is 5.91 Å². The number of rotatable bonds is 5. The zero-order chi connectivity index (χ0) is 22.3. The summed E-state index contributed by atoms with van der Waals surface area (Å²) in [5.41, 5.74) is 2.21. The van der Waals surface area contributed by atoms with Gasteiger partial charge >= 0.3 is 0 Å². The number of amides is 1. The van der Waals surface area contributed by atoms with Gasteiger partial charge in [-0.3, -0.25) is 4.79 Å². The summed E-state index contributed by atoms with van der Waals surface area (Å²) in [6.45, 7) is 1.42. The van der Waals surface area contributed by atoms with Crippen LogP contribution in [0.15, 0.2) is 71.4 Å². The molecule has 0 N–H and O–H groups in total. The molecule has 33 heavy (non-hydrogen) atoms. The number of nitrogens with zero attached hydrogens (tertiary/aromatic N) is 6. The summed E-state index contributed by atoms with van der Waals surface area (Å²) < 4.78 is 7.26. The maximum absolute atomic E-state index is 13.5. The Morgan fingerprint density at radius 3 is 2.55 bits per heavy atom. The molecular formula is C25H24N6O2. The van der Waals surface area contributed by atoms with Crippen LogP contribution >= 0.6 is 0 Å². The first-order valence-electron chi connectivity index (χ1n) is 11.4. The first-order valence-corrected chi connectivity index (χ1v) is 11.4. The quantitative estimate of drug-likeness (QED) is 0.468. The molecule has 0 spiro atoms. The van der Waals surface area contributed by atoms with Crippen molar-refractivity contribution in [2.24, 2.45) is 0 Å². The maximum Gasteiger partial charge on any atom is 0.280 e. The van der Waals surface area contributed by atoms with Crippen molar-refractivity contribution < 1.29 is 9.32 Å². The van der Waals surface area contributed by atoms with Gasteiger partial charge in [-0.2, -0.15) is 4.98 Å². The molecule has 2 aromatic heterocycles. The number of benzene rings is 2. The van der Waals surface area contributed by atoms with E-state index in [1.165, 1.54) is 0 Å². The second-order valence-corrected chi connectivity index (χ2v) is 8.87. The van der Waals surface area contributed by atoms with Crippen LogP contribution in [0.2, 0.25) is 0 Å². The third-order valence-electron chi connectivity index (χ3n) is 6.73. The Balaban J connectivity index is 1.18. The molecule has 0 radical (unpaired) electrons. The van der Waals surface area contributed by atoms with Crippen LogP contribution in [0.3, 0.4) is 0 Å². The Morgan fingerprint density at radius 2 is 1.79 bits per heavy atom. The first-order chi connectivity index (χ1) is 16.2. The van der Waals surface area contributed by atoms with E-state index < -0.39 is 0 Å². The maximum atomic E-state index is 13.5. The lowest BCUT2D eigenvalue weighted by atomic mass is 9.93. The molecule has 6 rings (SSSR count). The van der Waals surface area contributed by atoms with E-state index in [9.17, 15) is 4.79 Å². The highest BCUT2D eigenvalue weighted by atomic mass is 16.5. The Morgan fingerprint density at radius 1 is 1.03 bits per heavy atom. The van der Waals surface area contributed by atoms with Crippen molar-refractivity contribution in [1.82, 2.24) is 30.0 Å². The topological polar surface area (TPSA) is 89.9 Å². The molecule has 8 nitrogen and oxygen atoms in total. The minimum atomic E-state index is -0.339. The van der Waals surface area contributed by atoms with Gasteiger partial charge in [0.05, 0.1) is 17.7 Å². The zero-order valence-corrected chi connectivity index (χ0v) is 18.2. The second-order valence-electron chi connectivity index (χ2n) is 8.87. The fraction of sp³-hybridized carbons (Fsp3) is 0.320. The van der Waals surface area contributed by atoms with Crippen LogP contribution in [0.4, 0.5) is 0 Å². The van der Waals surface area contributed by atoms with E-state index in [-0.39, 0.29) is 17.4 Å². The summed E-state index contributed by atoms with van der Waals surface area (Å²) in [6.07, 6.45) is 5.57. The monoisotopic (exact) mass is 440 g/mol. The minimum absolute atomic E-state index is 0.0760. The van der Waals surface area contributed by atoms with Gasteiger partial charge in [-0.15, -0.1) is 5.10 Å². The smallest absolute Gasteiger partial charge is 0.280 e. The van der Waals surface area contributed by atoms with Gasteiger partial charge in [0.25, 0.3) is 5.89 Å². The van der Waals surface area contributed by atoms with E-state index in [0.717, 1.165) is 43.4 Å². The highest BCUT2D eigenvalue weighted by Gasteiger charge is 2.53. The Hall–Kier alpha value is -3.81. The molecule has 2 aliphatic rings. The van der Waals surface area contributed by atoms with E-state index in [1.54, 1.807) is 0 Å². The number of carbonyl (C=O) groups is 1. The van der Waals surface area contributed by atoms with E-state index >= 15 is 0 Å². The lowest BCUT2D eigenvalue weighted by molar-refractivity contribution is -0.135. The number of hydrogen-bond acceptors (Lipinski definition) is 6. The van der Waals surface area contributed by atoms with Gasteiger partial charge in [-0.1, -0.05) is 71.0 Å². The highest BCUT2D eigenvalue weighted by Crippen LogP contribution is 2.50. The predicted octanol–water partition coefficient (Wildman–Crippen LogP) is 3.89. The molecule has 2 fully saturated rings. The van der Waals surface area contributed by atoms with E-state index in [2.05, 4.69) is 32.6 Å². The van der Waals surface area contributed by atoms with E-state index in [4.69, 9.17) is 4.52 Å². The van der Waals surface area contributed by atoms with Crippen molar-refractivity contribution in [3.63, 3.8) is 0 Å². The van der Waals surface area contributed by atoms with Gasteiger partial charge in [-0.25, -0.2) is 4.68 Å². The molecule has 166 valence electrons. The fourth-order valence-corrected chi connectivity index (χ4v) is 4.75. The van der Waals surface area contributed by atoms with Crippen molar-refractivity contribution in [3.8, 4) is 23.0 Å². The summed E-state index contributed by atoms with van der Waals surface area (Å²) in [6, 6.07) is 19.9. The van der Waals surface area contributed by atoms with Crippen LogP contribution in [0, 0.1) is 0 Å². The largest absolute Gasteiger partial charge is 0.340 e. The van der Waals surface area contributed by atoms with Gasteiger partial charge in [0.15, 0.2) is 5.69 Å². The van der Waals surface area contributed by atoms with Crippen molar-refractivity contribution in [3.05, 3.63) is 72.4 Å². The predicted molar refractivity (Wildman–Crippen MR) is 121 cm³/mol. The third kappa shape index (κ3) is 3.61. The van der Waals surface area contributed by atoms with E-state index in [1.807, 2.05) is 64.3 Å². The molecule has 0 bridgehead atoms. The summed E-state index contributed by atoms with van der Waals surface area (Å²) in [5, 5.41) is 12.7. The van der Waals surface area contributed by atoms with Gasteiger partial charge < -0.3 is 9.42 Å². The van der Waals surface area contributed by atoms with Crippen molar-refractivity contribution in [1.29, 1.82) is 0 Å². The molecule has 8 heteroatoms. The van der Waals surface area contributed by atoms with Crippen LogP contribution in [0.25, 0.3) is 23.0 Å². The highest BCUT2D eigenvalue weighted by molar-refractivity contribution is 5.91. The van der Waals surface area contributed by atoms with Gasteiger partial charge in [0.1, 0.15) is 0 Å². The molecule has 1 aliphatic carbocycles. The number of hydrogen-bond donors (Lipinski definition) is 0. The summed E-state index contributed by atoms with van der Waals surface area (Å²) >= 11 is 0. The molecule has 1 saturated heterocycles. The average molecular weight is 441 g/mol. The van der Waals surface area contributed by atoms with Gasteiger partial charge in [0, 0.05) is 18.7 Å². The normalized spacial score (nSPS) is 19.4. The number of piperidine rings is 1. The van der Waals surface area contributed by atoms with Crippen molar-refractivity contribution in [2.75, 3.05) is 13.1 Å². The summed E-state index contributed by atoms with van der Waals surface area (Å²) in [7, 11) is 0. The van der Waals surface area contributed by atoms with Crippen LogP contribution in [0.5, 0.6) is 0 Å². The second kappa shape index (κ2) is 7.95. The number of carbonyl (C=O) groups excluding carboxylic acids is 1. The molecule has 1 atom stereocenters. The molecule has 1 aliphatic heterocycles. The average Bonchev–Trinajstić information content (AvgIpc) is 3.29. The fourth-order valence-electron chi connectivity index (χ4n) is 4.75. The van der Waals surface area contributed by atoms with Gasteiger partial charge in [0.2, 0.25) is 11.7 Å². The lowest BCUT2D eigenvalue weighted by Crippen LogP contribution is -2.45. The minimum Gasteiger partial charge on any atom is -0.340 e. The molecule has 1 saturated carbocycles. The van der Waals surface area contributed by atoms with Crippen molar-refractivity contribution in [2.45, 2.75) is 37.1 Å². The Labute approximate surface area is 191 Å². The molecule has 2 aromatic carbocycles. The summed E-state index contributed by atoms with van der Waals surface area (Å²) in [4.78, 5) is 19.9. The number of aromatic nitrogens is 5. The first kappa shape index (κ1) is 19.8. The van der Waals surface area contributed by atoms with Crippen LogP contribution in [0.1, 0.15) is 37.3 Å². The standard InChI is InChI=1S/C25H24N6O2/c32-24(25(13-14-25)19-10-5-2-6-11-19)30-15-7-12-20(16-30)31-17-21(27-29-31)23-26-22(28-33-23)18-8-3-1-4-9-18/h1-6,8-11,17,20H,7,12-16H2. The van der Waals surface area contributed by atoms with Crippen LogP contribution in [-0.2, 0) is 10.2 Å². The molecule has 3 heterocycles. The van der Waals surface area contributed by atoms with E-state index in [0.29, 0.717) is 24.0 Å². The Kier molecular flexibility index (Phi) is 4.78. The number of likely N-dealkylation sites (tertiary alicyclic amines) is 1. The molecule has 4 aromatic rings. The lowest BCUT2D eigenvalue weighted by Gasteiger charge is -2.35. The Bertz CT molecular complexity index is 1260. The third-order valence-corrected chi connectivity index (χ3v) is 6.73. The molecule has 1 amide bonds.